The predicted molar refractivity (Wildman–Crippen MR) is 67.4 cm³/mol. The fraction of sp³-hybridized carbons (Fsp3) is 0.583. The van der Waals surface area contributed by atoms with Crippen molar-refractivity contribution in [1.29, 1.82) is 0 Å². The summed E-state index contributed by atoms with van der Waals surface area (Å²) in [4.78, 5) is 14.6. The molecule has 1 atom stereocenters. The molecule has 0 spiro atoms. The summed E-state index contributed by atoms with van der Waals surface area (Å²) in [5.41, 5.74) is 5.70. The summed E-state index contributed by atoms with van der Waals surface area (Å²) in [7, 11) is 0. The Hall–Kier alpha value is -0.148. The van der Waals surface area contributed by atoms with E-state index < -0.39 is 0 Å². The third kappa shape index (κ3) is 8.04. The number of hydrogen-bond donors (Lipinski definition) is 2. The molecule has 3 N–H and O–H groups in total. The predicted octanol–water partition coefficient (Wildman–Crippen LogP) is 0.391. The number of allylic oxidation sites excluding steroid dienone is 1. The molecule has 1 heterocycles. The number of nitrogens with zero attached hydrogens (tertiary/aromatic N) is 1. The monoisotopic (exact) mass is 478 g/mol. The van der Waals surface area contributed by atoms with Gasteiger partial charge in [-0.05, 0) is 25.0 Å². The van der Waals surface area contributed by atoms with E-state index in [9.17, 15) is 4.79 Å². The number of aliphatic imine (C=N–C) groups is 1. The summed E-state index contributed by atoms with van der Waals surface area (Å²) in [6, 6.07) is 0. The van der Waals surface area contributed by atoms with Gasteiger partial charge in [-0.15, -0.1) is 0 Å². The van der Waals surface area contributed by atoms with Gasteiger partial charge in [0.25, 0.3) is 0 Å². The summed E-state index contributed by atoms with van der Waals surface area (Å²) in [6.07, 6.45) is 6.29. The van der Waals surface area contributed by atoms with Gasteiger partial charge in [0.2, 0.25) is 0 Å². The van der Waals surface area contributed by atoms with E-state index in [1.54, 1.807) is 6.29 Å². The van der Waals surface area contributed by atoms with E-state index in [0.717, 1.165) is 25.9 Å². The van der Waals surface area contributed by atoms with Crippen LogP contribution < -0.4 is 5.73 Å². The summed E-state index contributed by atoms with van der Waals surface area (Å²) < 4.78 is 5.47. The first kappa shape index (κ1) is 20.2. The van der Waals surface area contributed by atoms with Crippen LogP contribution >= 0.6 is 0 Å². The van der Waals surface area contributed by atoms with Crippen LogP contribution in [0.25, 0.3) is 0 Å². The van der Waals surface area contributed by atoms with E-state index in [1.807, 2.05) is 0 Å². The molecular formula is C12H20N2O3U. The van der Waals surface area contributed by atoms with Crippen molar-refractivity contribution in [2.45, 2.75) is 25.4 Å². The molecule has 1 aliphatic heterocycles. The van der Waals surface area contributed by atoms with Crippen molar-refractivity contribution in [1.82, 2.24) is 0 Å². The first-order valence-corrected chi connectivity index (χ1v) is 5.37. The molecule has 0 aromatic carbocycles. The first-order valence-electron chi connectivity index (χ1n) is 5.37. The van der Waals surface area contributed by atoms with Crippen LogP contribution in [0, 0.1) is 38.5 Å². The molecule has 1 aliphatic rings. The maximum absolute atomic E-state index is 10.6. The van der Waals surface area contributed by atoms with Crippen molar-refractivity contribution in [2.75, 3.05) is 19.8 Å². The van der Waals surface area contributed by atoms with Crippen LogP contribution in [-0.4, -0.2) is 43.0 Å². The molecule has 100 valence electrons. The molecule has 0 aromatic rings. The van der Waals surface area contributed by atoms with Crippen LogP contribution in [0.4, 0.5) is 0 Å². The van der Waals surface area contributed by atoms with Crippen molar-refractivity contribution in [2.24, 2.45) is 10.7 Å². The SMILES string of the molecule is N/C(=C\C([C-]=O)=NCC1CCCCO1)CO.[CH3-].[U+2]. The Labute approximate surface area is 132 Å². The molecule has 0 saturated carbocycles. The third-order valence-corrected chi connectivity index (χ3v) is 2.35. The van der Waals surface area contributed by atoms with Gasteiger partial charge >= 0.3 is 31.1 Å². The van der Waals surface area contributed by atoms with Crippen molar-refractivity contribution < 1.29 is 45.8 Å². The average Bonchev–Trinajstić information content (AvgIpc) is 2.35. The molecule has 5 nitrogen and oxygen atoms in total. The number of aliphatic hydroxyl groups excluding tert-OH is 1. The Morgan fingerprint density at radius 3 is 2.78 bits per heavy atom. The molecule has 18 heavy (non-hydrogen) atoms. The summed E-state index contributed by atoms with van der Waals surface area (Å²) >= 11 is 0. The molecule has 6 heteroatoms. The van der Waals surface area contributed by atoms with Gasteiger partial charge in [-0.25, -0.2) is 0 Å². The normalized spacial score (nSPS) is 20.6. The van der Waals surface area contributed by atoms with Gasteiger partial charge in [-0.2, -0.15) is 6.08 Å². The molecule has 0 radical (unpaired) electrons. The summed E-state index contributed by atoms with van der Waals surface area (Å²) in [6.45, 7) is 0.912. The zero-order valence-corrected chi connectivity index (χ0v) is 14.8. The largest absolute Gasteiger partial charge is 2.00 e. The number of nitrogens with two attached hydrogens (primary N) is 1. The number of aliphatic hydroxyl groups is 1. The van der Waals surface area contributed by atoms with Crippen LogP contribution in [0.15, 0.2) is 16.8 Å². The van der Waals surface area contributed by atoms with Crippen LogP contribution in [-0.2, 0) is 9.53 Å². The van der Waals surface area contributed by atoms with Gasteiger partial charge in [0.15, 0.2) is 0 Å². The molecule has 0 bridgehead atoms. The number of rotatable bonds is 5. The van der Waals surface area contributed by atoms with Gasteiger partial charge in [0.1, 0.15) is 0 Å². The Bertz CT molecular complexity index is 287. The standard InChI is InChI=1S/C11H17N2O3.CH3.U/c12-9(7-14)5-10(8-15)13-6-11-3-1-2-4-16-11;;/h5,11,14H,1-4,6-7,12H2;1H3;/q2*-1;+2/b9-5-,13-10?;;. The van der Waals surface area contributed by atoms with E-state index in [4.69, 9.17) is 15.6 Å². The topological polar surface area (TPSA) is 84.9 Å². The minimum absolute atomic E-state index is 0. The maximum Gasteiger partial charge on any atom is 2.00 e. The van der Waals surface area contributed by atoms with Crippen LogP contribution in [0.5, 0.6) is 0 Å². The third-order valence-electron chi connectivity index (χ3n) is 2.35. The Morgan fingerprint density at radius 1 is 1.56 bits per heavy atom. The average molecular weight is 478 g/mol. The number of hydrogen-bond acceptors (Lipinski definition) is 5. The second-order valence-corrected chi connectivity index (χ2v) is 3.69. The molecule has 1 unspecified atom stereocenters. The van der Waals surface area contributed by atoms with Crippen LogP contribution in [0.2, 0.25) is 0 Å². The quantitative estimate of drug-likeness (QED) is 0.443. The van der Waals surface area contributed by atoms with Crippen LogP contribution in [0.3, 0.4) is 0 Å². The Morgan fingerprint density at radius 2 is 2.28 bits per heavy atom. The maximum atomic E-state index is 10.6. The first-order chi connectivity index (χ1) is 7.76. The molecule has 1 fully saturated rings. The van der Waals surface area contributed by atoms with Crippen molar-refractivity contribution in [3.05, 3.63) is 19.2 Å². The van der Waals surface area contributed by atoms with Gasteiger partial charge in [-0.1, -0.05) is 5.71 Å². The molecule has 1 saturated heterocycles. The molecule has 0 amide bonds. The van der Waals surface area contributed by atoms with Gasteiger partial charge in [-0.3, -0.25) is 0 Å². The number of carbonyl (C=O) groups excluding carboxylic acids is 1. The van der Waals surface area contributed by atoms with Crippen molar-refractivity contribution >= 4 is 12.0 Å². The molecule has 0 aliphatic carbocycles. The summed E-state index contributed by atoms with van der Waals surface area (Å²) in [5, 5.41) is 8.69. The Kier molecular flexibility index (Phi) is 13.4. The number of ether oxygens (including phenoxy) is 1. The minimum Gasteiger partial charge on any atom is -0.417 e. The minimum atomic E-state index is -0.291. The van der Waals surface area contributed by atoms with E-state index in [0.29, 0.717) is 6.54 Å². The van der Waals surface area contributed by atoms with Gasteiger partial charge < -0.3 is 32.8 Å². The zero-order chi connectivity index (χ0) is 11.8. The molecule has 0 aromatic heterocycles. The second-order valence-electron chi connectivity index (χ2n) is 3.69. The summed E-state index contributed by atoms with van der Waals surface area (Å²) in [5.74, 6) is 0. The van der Waals surface area contributed by atoms with Crippen molar-refractivity contribution in [3.63, 3.8) is 0 Å². The van der Waals surface area contributed by atoms with E-state index >= 15 is 0 Å². The van der Waals surface area contributed by atoms with Crippen LogP contribution in [0.1, 0.15) is 19.3 Å². The smallest absolute Gasteiger partial charge is 0.417 e. The fourth-order valence-electron chi connectivity index (χ4n) is 1.48. The van der Waals surface area contributed by atoms with Gasteiger partial charge in [0.05, 0.1) is 19.3 Å². The fourth-order valence-corrected chi connectivity index (χ4v) is 1.48. The second kappa shape index (κ2) is 11.9. The van der Waals surface area contributed by atoms with E-state index in [1.165, 1.54) is 6.08 Å². The van der Waals surface area contributed by atoms with Crippen molar-refractivity contribution in [3.8, 4) is 0 Å². The zero-order valence-electron chi connectivity index (χ0n) is 10.7. The van der Waals surface area contributed by atoms with Gasteiger partial charge in [0, 0.05) is 12.9 Å². The van der Waals surface area contributed by atoms with E-state index in [2.05, 4.69) is 4.99 Å². The van der Waals surface area contributed by atoms with E-state index in [-0.39, 0.29) is 62.7 Å². The molecular weight excluding hydrogens is 458 g/mol. The molecule has 1 rings (SSSR count). The Balaban J connectivity index is 0.